The Morgan fingerprint density at radius 3 is 2.91 bits per heavy atom. The van der Waals surface area contributed by atoms with Gasteiger partial charge < -0.3 is 10.6 Å². The molecule has 0 saturated carbocycles. The second-order valence-corrected chi connectivity index (χ2v) is 5.32. The van der Waals surface area contributed by atoms with Crippen molar-refractivity contribution in [3.63, 3.8) is 0 Å². The van der Waals surface area contributed by atoms with E-state index >= 15 is 0 Å². The molecule has 2 heterocycles. The zero-order valence-electron chi connectivity index (χ0n) is 12.2. The van der Waals surface area contributed by atoms with E-state index in [-0.39, 0.29) is 11.8 Å². The summed E-state index contributed by atoms with van der Waals surface area (Å²) in [7, 11) is 0. The van der Waals surface area contributed by atoms with Crippen molar-refractivity contribution < 1.29 is 9.59 Å². The molecular formula is C16H18N4O2. The predicted octanol–water partition coefficient (Wildman–Crippen LogP) is 1.27. The highest BCUT2D eigenvalue weighted by atomic mass is 16.2. The van der Waals surface area contributed by atoms with Gasteiger partial charge in [0.25, 0.3) is 5.91 Å². The summed E-state index contributed by atoms with van der Waals surface area (Å²) in [6, 6.07) is 9.10. The fourth-order valence-corrected chi connectivity index (χ4v) is 2.48. The smallest absolute Gasteiger partial charge is 0.255 e. The lowest BCUT2D eigenvalue weighted by Gasteiger charge is -2.14. The number of nitrogens with one attached hydrogen (secondary N) is 2. The molecule has 114 valence electrons. The number of aromatic nitrogens is 2. The van der Waals surface area contributed by atoms with Crippen LogP contribution in [0.4, 0.5) is 0 Å². The molecule has 2 N–H and O–H groups in total. The van der Waals surface area contributed by atoms with Crippen LogP contribution >= 0.6 is 0 Å². The minimum absolute atomic E-state index is 0.110. The van der Waals surface area contributed by atoms with E-state index in [0.717, 1.165) is 18.5 Å². The van der Waals surface area contributed by atoms with E-state index in [1.165, 1.54) is 6.20 Å². The third-order valence-corrected chi connectivity index (χ3v) is 3.71. The fourth-order valence-electron chi connectivity index (χ4n) is 2.48. The first-order chi connectivity index (χ1) is 10.7. The van der Waals surface area contributed by atoms with E-state index in [1.54, 1.807) is 10.9 Å². The first kappa shape index (κ1) is 14.3. The van der Waals surface area contributed by atoms with E-state index < -0.39 is 6.04 Å². The van der Waals surface area contributed by atoms with Crippen LogP contribution in [0.2, 0.25) is 0 Å². The molecular weight excluding hydrogens is 280 g/mol. The van der Waals surface area contributed by atoms with Crippen LogP contribution < -0.4 is 10.6 Å². The maximum absolute atomic E-state index is 12.3. The normalized spacial score (nSPS) is 18.4. The molecule has 0 spiro atoms. The van der Waals surface area contributed by atoms with Crippen LogP contribution in [-0.4, -0.2) is 34.2 Å². The molecule has 0 aliphatic carbocycles. The monoisotopic (exact) mass is 298 g/mol. The van der Waals surface area contributed by atoms with Crippen molar-refractivity contribution in [2.45, 2.75) is 25.3 Å². The third kappa shape index (κ3) is 3.16. The first-order valence-electron chi connectivity index (χ1n) is 7.43. The van der Waals surface area contributed by atoms with Crippen LogP contribution in [0.15, 0.2) is 42.7 Å². The molecule has 1 aliphatic rings. The van der Waals surface area contributed by atoms with Crippen molar-refractivity contribution in [1.29, 1.82) is 0 Å². The van der Waals surface area contributed by atoms with Gasteiger partial charge in [-0.25, -0.2) is 4.68 Å². The molecule has 1 atom stereocenters. The molecule has 22 heavy (non-hydrogen) atoms. The summed E-state index contributed by atoms with van der Waals surface area (Å²) in [5.74, 6) is -0.384. The lowest BCUT2D eigenvalue weighted by molar-refractivity contribution is -0.122. The van der Waals surface area contributed by atoms with Crippen molar-refractivity contribution in [1.82, 2.24) is 20.4 Å². The number of benzene rings is 1. The summed E-state index contributed by atoms with van der Waals surface area (Å²) in [6.07, 6.45) is 5.72. The lowest BCUT2D eigenvalue weighted by atomic mass is 10.1. The molecule has 2 amide bonds. The fraction of sp³-hybridized carbons (Fsp3) is 0.312. The van der Waals surface area contributed by atoms with E-state index in [1.807, 2.05) is 30.3 Å². The van der Waals surface area contributed by atoms with Gasteiger partial charge in [0, 0.05) is 12.7 Å². The Bertz CT molecular complexity index is 666. The Morgan fingerprint density at radius 1 is 1.27 bits per heavy atom. The van der Waals surface area contributed by atoms with Crippen molar-refractivity contribution in [2.24, 2.45) is 0 Å². The highest BCUT2D eigenvalue weighted by Gasteiger charge is 2.23. The molecule has 1 aromatic heterocycles. The number of hydrogen-bond acceptors (Lipinski definition) is 3. The molecule has 1 saturated heterocycles. The van der Waals surface area contributed by atoms with E-state index in [4.69, 9.17) is 0 Å². The highest BCUT2D eigenvalue weighted by molar-refractivity contribution is 5.97. The Hall–Kier alpha value is -2.63. The topological polar surface area (TPSA) is 76.0 Å². The van der Waals surface area contributed by atoms with Gasteiger partial charge in [-0.15, -0.1) is 0 Å². The molecule has 6 heteroatoms. The summed E-state index contributed by atoms with van der Waals surface area (Å²) >= 11 is 0. The second-order valence-electron chi connectivity index (χ2n) is 5.32. The van der Waals surface area contributed by atoms with E-state index in [9.17, 15) is 9.59 Å². The second kappa shape index (κ2) is 6.43. The van der Waals surface area contributed by atoms with Crippen molar-refractivity contribution in [2.75, 3.05) is 6.54 Å². The molecule has 2 aromatic rings. The maximum Gasteiger partial charge on any atom is 0.255 e. The van der Waals surface area contributed by atoms with Crippen LogP contribution in [0.1, 0.15) is 29.6 Å². The molecule has 1 aliphatic heterocycles. The number of para-hydroxylation sites is 1. The zero-order valence-corrected chi connectivity index (χ0v) is 12.2. The van der Waals surface area contributed by atoms with Crippen LogP contribution in [-0.2, 0) is 4.79 Å². The highest BCUT2D eigenvalue weighted by Crippen LogP contribution is 2.09. The summed E-state index contributed by atoms with van der Waals surface area (Å²) in [4.78, 5) is 24.1. The SMILES string of the molecule is O=C(NC1CCCCNC1=O)c1cnn(-c2ccccc2)c1. The van der Waals surface area contributed by atoms with Crippen LogP contribution in [0.25, 0.3) is 5.69 Å². The summed E-state index contributed by atoms with van der Waals surface area (Å²) < 4.78 is 1.64. The predicted molar refractivity (Wildman–Crippen MR) is 81.7 cm³/mol. The van der Waals surface area contributed by atoms with Crippen molar-refractivity contribution in [3.8, 4) is 5.69 Å². The number of hydrogen-bond donors (Lipinski definition) is 2. The average molecular weight is 298 g/mol. The summed E-state index contributed by atoms with van der Waals surface area (Å²) in [5, 5.41) is 9.79. The number of rotatable bonds is 3. The summed E-state index contributed by atoms with van der Waals surface area (Å²) in [5.41, 5.74) is 1.33. The molecule has 0 bridgehead atoms. The minimum Gasteiger partial charge on any atom is -0.354 e. The summed E-state index contributed by atoms with van der Waals surface area (Å²) in [6.45, 7) is 0.678. The van der Waals surface area contributed by atoms with Gasteiger partial charge in [-0.1, -0.05) is 18.2 Å². The van der Waals surface area contributed by atoms with E-state index in [0.29, 0.717) is 18.5 Å². The standard InChI is InChI=1S/C16H18N4O2/c21-15(19-14-8-4-5-9-17-16(14)22)12-10-18-20(11-12)13-6-2-1-3-7-13/h1-3,6-7,10-11,14H,4-5,8-9H2,(H,17,22)(H,19,21). The lowest BCUT2D eigenvalue weighted by Crippen LogP contribution is -2.45. The molecule has 0 radical (unpaired) electrons. The van der Waals surface area contributed by atoms with Crippen molar-refractivity contribution in [3.05, 3.63) is 48.3 Å². The zero-order chi connectivity index (χ0) is 15.4. The number of amides is 2. The minimum atomic E-state index is -0.463. The van der Waals surface area contributed by atoms with Gasteiger partial charge in [-0.05, 0) is 31.4 Å². The van der Waals surface area contributed by atoms with Crippen LogP contribution in [0.5, 0.6) is 0 Å². The molecule has 1 unspecified atom stereocenters. The third-order valence-electron chi connectivity index (χ3n) is 3.71. The number of nitrogens with zero attached hydrogens (tertiary/aromatic N) is 2. The Labute approximate surface area is 128 Å². The molecule has 1 fully saturated rings. The molecule has 1 aromatic carbocycles. The van der Waals surface area contributed by atoms with Gasteiger partial charge in [0.2, 0.25) is 5.91 Å². The number of carbonyl (C=O) groups is 2. The Balaban J connectivity index is 1.70. The van der Waals surface area contributed by atoms with Gasteiger partial charge in [0.15, 0.2) is 0 Å². The van der Waals surface area contributed by atoms with Gasteiger partial charge in [0.1, 0.15) is 6.04 Å². The van der Waals surface area contributed by atoms with Crippen LogP contribution in [0.3, 0.4) is 0 Å². The van der Waals surface area contributed by atoms with Gasteiger partial charge in [0.05, 0.1) is 17.4 Å². The largest absolute Gasteiger partial charge is 0.354 e. The van der Waals surface area contributed by atoms with E-state index in [2.05, 4.69) is 15.7 Å². The van der Waals surface area contributed by atoms with Gasteiger partial charge in [-0.3, -0.25) is 9.59 Å². The average Bonchev–Trinajstić information content (AvgIpc) is 2.96. The molecule has 6 nitrogen and oxygen atoms in total. The Morgan fingerprint density at radius 2 is 2.09 bits per heavy atom. The maximum atomic E-state index is 12.3. The van der Waals surface area contributed by atoms with Crippen LogP contribution in [0, 0.1) is 0 Å². The first-order valence-corrected chi connectivity index (χ1v) is 7.43. The Kier molecular flexibility index (Phi) is 4.18. The quantitative estimate of drug-likeness (QED) is 0.896. The van der Waals surface area contributed by atoms with Crippen molar-refractivity contribution >= 4 is 11.8 Å². The van der Waals surface area contributed by atoms with Gasteiger partial charge >= 0.3 is 0 Å². The molecule has 3 rings (SSSR count). The van der Waals surface area contributed by atoms with Gasteiger partial charge in [-0.2, -0.15) is 5.10 Å². The number of carbonyl (C=O) groups excluding carboxylic acids is 2.